The third-order valence-corrected chi connectivity index (χ3v) is 9.32. The van der Waals surface area contributed by atoms with Crippen LogP contribution < -0.4 is 16.2 Å². The number of primary amides is 1. The molecule has 7 rings (SSSR count). The van der Waals surface area contributed by atoms with Crippen molar-refractivity contribution in [3.05, 3.63) is 108 Å². The van der Waals surface area contributed by atoms with Gasteiger partial charge in [-0.3, -0.25) is 4.79 Å². The van der Waals surface area contributed by atoms with E-state index >= 15 is 0 Å². The molecule has 224 valence electrons. The van der Waals surface area contributed by atoms with Crippen molar-refractivity contribution in [3.63, 3.8) is 0 Å². The minimum atomic E-state index is -0.339. The van der Waals surface area contributed by atoms with Crippen LogP contribution in [0.3, 0.4) is 0 Å². The largest absolute Gasteiger partial charge is 0.489 e. The second kappa shape index (κ2) is 12.1. The molecule has 1 amide bonds. The zero-order valence-corrected chi connectivity index (χ0v) is 24.8. The molecule has 1 atom stereocenters. The molecular formula is C36H38N6O2. The quantitative estimate of drug-likeness (QED) is 0.213. The van der Waals surface area contributed by atoms with Gasteiger partial charge >= 0.3 is 0 Å². The highest BCUT2D eigenvalue weighted by Gasteiger charge is 2.35. The highest BCUT2D eigenvalue weighted by molar-refractivity contribution is 6.00. The molecule has 1 saturated heterocycles. The van der Waals surface area contributed by atoms with Crippen molar-refractivity contribution in [2.45, 2.75) is 44.2 Å². The maximum absolute atomic E-state index is 12.0. The first-order valence-corrected chi connectivity index (χ1v) is 15.5. The maximum atomic E-state index is 12.0. The van der Waals surface area contributed by atoms with Crippen LogP contribution >= 0.6 is 0 Å². The predicted molar refractivity (Wildman–Crippen MR) is 173 cm³/mol. The standard InChI is InChI=1S/C36H38N6O2/c37-34-33-32(26-10-6-12-29(18-26)44-22-24-8-2-1-3-9-24)21-42(36(33)40-23-39-34)28-16-25(17-28)19-41-15-7-11-27(20-41)30-13-4-5-14-31(30)35(38)43/h1-6,8-10,12-14,18,21,23,25,27-28H,7,11,15-17,19-20,22H2,(H2,38,43)(H2,37,39,40)/t25-,27?,28+. The van der Waals surface area contributed by atoms with E-state index in [1.54, 1.807) is 6.33 Å². The number of piperidine rings is 1. The minimum absolute atomic E-state index is 0.339. The van der Waals surface area contributed by atoms with Crippen LogP contribution in [0.5, 0.6) is 5.75 Å². The highest BCUT2D eigenvalue weighted by atomic mass is 16.5. The lowest BCUT2D eigenvalue weighted by molar-refractivity contribution is 0.0992. The summed E-state index contributed by atoms with van der Waals surface area (Å²) in [5.41, 5.74) is 18.0. The van der Waals surface area contributed by atoms with E-state index in [-0.39, 0.29) is 5.91 Å². The molecule has 2 aromatic heterocycles. The van der Waals surface area contributed by atoms with Gasteiger partial charge in [0.05, 0.1) is 5.39 Å². The summed E-state index contributed by atoms with van der Waals surface area (Å²) in [6.07, 6.45) is 8.16. The summed E-state index contributed by atoms with van der Waals surface area (Å²) in [7, 11) is 0. The molecule has 1 saturated carbocycles. The predicted octanol–water partition coefficient (Wildman–Crippen LogP) is 6.19. The Morgan fingerprint density at radius 2 is 1.80 bits per heavy atom. The van der Waals surface area contributed by atoms with Crippen molar-refractivity contribution >= 4 is 22.8 Å². The van der Waals surface area contributed by atoms with Gasteiger partial charge in [0.2, 0.25) is 5.91 Å². The number of hydrogen-bond donors (Lipinski definition) is 2. The first-order chi connectivity index (χ1) is 21.5. The van der Waals surface area contributed by atoms with E-state index in [9.17, 15) is 4.79 Å². The fourth-order valence-corrected chi connectivity index (χ4v) is 7.09. The summed E-state index contributed by atoms with van der Waals surface area (Å²) in [4.78, 5) is 23.6. The fraction of sp³-hybridized carbons (Fsp3) is 0.306. The number of nitrogens with two attached hydrogens (primary N) is 2. The normalized spacial score (nSPS) is 20.3. The topological polar surface area (TPSA) is 112 Å². The van der Waals surface area contributed by atoms with Gasteiger partial charge in [-0.15, -0.1) is 0 Å². The van der Waals surface area contributed by atoms with Gasteiger partial charge in [-0.05, 0) is 79.0 Å². The molecule has 1 aliphatic carbocycles. The molecule has 1 aliphatic heterocycles. The second-order valence-corrected chi connectivity index (χ2v) is 12.3. The van der Waals surface area contributed by atoms with E-state index in [1.165, 1.54) is 0 Å². The van der Waals surface area contributed by atoms with Crippen molar-refractivity contribution in [2.75, 3.05) is 25.4 Å². The zero-order valence-electron chi connectivity index (χ0n) is 24.8. The minimum Gasteiger partial charge on any atom is -0.489 e. The van der Waals surface area contributed by atoms with Gasteiger partial charge in [0.25, 0.3) is 0 Å². The molecule has 4 N–H and O–H groups in total. The van der Waals surface area contributed by atoms with Crippen LogP contribution in [0.4, 0.5) is 5.82 Å². The number of aromatic nitrogens is 3. The number of likely N-dealkylation sites (tertiary alicyclic amines) is 1. The Morgan fingerprint density at radius 3 is 2.64 bits per heavy atom. The summed E-state index contributed by atoms with van der Waals surface area (Å²) in [5, 5.41) is 0.892. The summed E-state index contributed by atoms with van der Waals surface area (Å²) in [6, 6.07) is 26.5. The number of carbonyl (C=O) groups excluding carboxylic acids is 1. The maximum Gasteiger partial charge on any atom is 0.248 e. The van der Waals surface area contributed by atoms with Crippen molar-refractivity contribution in [3.8, 4) is 16.9 Å². The number of nitrogens with zero attached hydrogens (tertiary/aromatic N) is 4. The van der Waals surface area contributed by atoms with Gasteiger partial charge in [0, 0.05) is 36.5 Å². The van der Waals surface area contributed by atoms with Crippen LogP contribution in [0.1, 0.15) is 59.1 Å². The average Bonchev–Trinajstić information content (AvgIpc) is 3.43. The average molecular weight is 587 g/mol. The van der Waals surface area contributed by atoms with E-state index < -0.39 is 0 Å². The lowest BCUT2D eigenvalue weighted by atomic mass is 9.79. The molecule has 0 bridgehead atoms. The number of anilines is 1. The molecule has 2 aliphatic rings. The zero-order chi connectivity index (χ0) is 30.0. The van der Waals surface area contributed by atoms with Crippen LogP contribution in [0.15, 0.2) is 91.4 Å². The van der Waals surface area contributed by atoms with Crippen LogP contribution in [0.25, 0.3) is 22.2 Å². The third kappa shape index (κ3) is 5.65. The fourth-order valence-electron chi connectivity index (χ4n) is 7.09. The molecule has 1 unspecified atom stereocenters. The van der Waals surface area contributed by atoms with E-state index in [1.807, 2.05) is 48.5 Å². The van der Waals surface area contributed by atoms with Crippen LogP contribution in [-0.2, 0) is 6.61 Å². The van der Waals surface area contributed by atoms with Crippen molar-refractivity contribution in [2.24, 2.45) is 11.7 Å². The number of rotatable bonds is 9. The molecule has 5 aromatic rings. The number of fused-ring (bicyclic) bond motifs is 1. The summed E-state index contributed by atoms with van der Waals surface area (Å²) in [5.74, 6) is 1.91. The molecular weight excluding hydrogens is 548 g/mol. The van der Waals surface area contributed by atoms with Gasteiger partial charge in [-0.25, -0.2) is 9.97 Å². The van der Waals surface area contributed by atoms with Crippen LogP contribution in [0.2, 0.25) is 0 Å². The Kier molecular flexibility index (Phi) is 7.75. The van der Waals surface area contributed by atoms with Gasteiger partial charge in [-0.1, -0.05) is 60.7 Å². The molecule has 3 heterocycles. The van der Waals surface area contributed by atoms with E-state index in [0.29, 0.717) is 35.9 Å². The van der Waals surface area contributed by atoms with E-state index in [0.717, 1.165) is 84.4 Å². The SMILES string of the molecule is NC(=O)c1ccccc1C1CCCN(C[C@H]2C[C@@H](n3cc(-c4cccc(OCc5ccccc5)c4)c4c(N)ncnc43)C2)C1. The Balaban J connectivity index is 1.05. The number of benzene rings is 3. The Bertz CT molecular complexity index is 1780. The molecule has 3 aromatic carbocycles. The summed E-state index contributed by atoms with van der Waals surface area (Å²) in [6.45, 7) is 3.64. The van der Waals surface area contributed by atoms with E-state index in [4.69, 9.17) is 16.2 Å². The molecule has 0 spiro atoms. The Labute approximate surface area is 257 Å². The highest BCUT2D eigenvalue weighted by Crippen LogP contribution is 2.44. The number of carbonyl (C=O) groups is 1. The molecule has 8 nitrogen and oxygen atoms in total. The van der Waals surface area contributed by atoms with Gasteiger partial charge in [-0.2, -0.15) is 0 Å². The first kappa shape index (κ1) is 28.1. The number of amides is 1. The van der Waals surface area contributed by atoms with Crippen LogP contribution in [-0.4, -0.2) is 45.0 Å². The lowest BCUT2D eigenvalue weighted by Gasteiger charge is -2.42. The first-order valence-electron chi connectivity index (χ1n) is 15.5. The molecule has 0 radical (unpaired) electrons. The van der Waals surface area contributed by atoms with E-state index in [2.05, 4.69) is 56.0 Å². The Hall–Kier alpha value is -4.69. The molecule has 44 heavy (non-hydrogen) atoms. The van der Waals surface area contributed by atoms with Crippen molar-refractivity contribution < 1.29 is 9.53 Å². The van der Waals surface area contributed by atoms with Gasteiger partial charge in [0.1, 0.15) is 30.1 Å². The number of ether oxygens (including phenoxy) is 1. The second-order valence-electron chi connectivity index (χ2n) is 12.3. The third-order valence-electron chi connectivity index (χ3n) is 9.32. The number of nitrogen functional groups attached to an aromatic ring is 1. The molecule has 2 fully saturated rings. The summed E-state index contributed by atoms with van der Waals surface area (Å²) >= 11 is 0. The Morgan fingerprint density at radius 1 is 0.977 bits per heavy atom. The number of hydrogen-bond acceptors (Lipinski definition) is 6. The van der Waals surface area contributed by atoms with Gasteiger partial charge < -0.3 is 25.7 Å². The lowest BCUT2D eigenvalue weighted by Crippen LogP contribution is -2.42. The smallest absolute Gasteiger partial charge is 0.248 e. The monoisotopic (exact) mass is 586 g/mol. The summed E-state index contributed by atoms with van der Waals surface area (Å²) < 4.78 is 8.43. The van der Waals surface area contributed by atoms with Gasteiger partial charge in [0.15, 0.2) is 0 Å². The van der Waals surface area contributed by atoms with Crippen LogP contribution in [0, 0.1) is 5.92 Å². The van der Waals surface area contributed by atoms with Crippen molar-refractivity contribution in [1.29, 1.82) is 0 Å². The van der Waals surface area contributed by atoms with Crippen molar-refractivity contribution in [1.82, 2.24) is 19.4 Å². The molecule has 8 heteroatoms.